The summed E-state index contributed by atoms with van der Waals surface area (Å²) in [5.74, 6) is 4.22. The van der Waals surface area contributed by atoms with Crippen molar-refractivity contribution in [2.45, 2.75) is 10.9 Å². The average molecular weight is 359 g/mol. The molecule has 1 unspecified atom stereocenters. The van der Waals surface area contributed by atoms with Gasteiger partial charge < -0.3 is 0 Å². The monoisotopic (exact) mass is 358 g/mol. The van der Waals surface area contributed by atoms with Crippen molar-refractivity contribution in [1.29, 1.82) is 0 Å². The van der Waals surface area contributed by atoms with Gasteiger partial charge in [0.2, 0.25) is 0 Å². The zero-order chi connectivity index (χ0) is 14.5. The van der Waals surface area contributed by atoms with Gasteiger partial charge in [-0.1, -0.05) is 24.3 Å². The summed E-state index contributed by atoms with van der Waals surface area (Å²) in [6.45, 7) is 0. The van der Waals surface area contributed by atoms with Gasteiger partial charge in [0.05, 0.1) is 6.04 Å². The summed E-state index contributed by atoms with van der Waals surface area (Å²) in [5.41, 5.74) is 2.76. The fraction of sp³-hybridized carbons (Fsp3) is 0.143. The third-order valence-corrected chi connectivity index (χ3v) is 4.92. The first-order valence-electron chi connectivity index (χ1n) is 5.91. The topological polar surface area (TPSA) is 38.0 Å². The first-order chi connectivity index (χ1) is 9.63. The molecule has 0 fully saturated rings. The van der Waals surface area contributed by atoms with Gasteiger partial charge >= 0.3 is 0 Å². The van der Waals surface area contributed by atoms with E-state index in [9.17, 15) is 8.78 Å². The quantitative estimate of drug-likeness (QED) is 0.481. The van der Waals surface area contributed by atoms with Crippen molar-refractivity contribution in [1.82, 2.24) is 5.43 Å². The van der Waals surface area contributed by atoms with Crippen LogP contribution in [0.2, 0.25) is 0 Å². The van der Waals surface area contributed by atoms with Crippen LogP contribution in [-0.2, 0) is 0 Å². The predicted molar refractivity (Wildman–Crippen MR) is 81.3 cm³/mol. The SMILES string of the molecule is NNC(CSc1ccccc1Br)c1cccc(F)c1F. The normalized spacial score (nSPS) is 12.4. The Balaban J connectivity index is 2.14. The molecule has 0 aliphatic heterocycles. The highest BCUT2D eigenvalue weighted by Crippen LogP contribution is 2.31. The van der Waals surface area contributed by atoms with Gasteiger partial charge in [-0.05, 0) is 34.1 Å². The fourth-order valence-electron chi connectivity index (χ4n) is 1.75. The van der Waals surface area contributed by atoms with Gasteiger partial charge in [0.25, 0.3) is 0 Å². The maximum atomic E-state index is 13.8. The van der Waals surface area contributed by atoms with Crippen molar-refractivity contribution in [3.8, 4) is 0 Å². The number of hydrogen-bond donors (Lipinski definition) is 2. The van der Waals surface area contributed by atoms with Crippen LogP contribution in [0.15, 0.2) is 51.8 Å². The van der Waals surface area contributed by atoms with Gasteiger partial charge in [0, 0.05) is 20.7 Å². The summed E-state index contributed by atoms with van der Waals surface area (Å²) >= 11 is 4.95. The van der Waals surface area contributed by atoms with Crippen molar-refractivity contribution in [3.05, 3.63) is 64.1 Å². The molecule has 2 aromatic carbocycles. The van der Waals surface area contributed by atoms with Crippen LogP contribution in [0.25, 0.3) is 0 Å². The van der Waals surface area contributed by atoms with E-state index in [0.29, 0.717) is 5.75 Å². The molecule has 0 amide bonds. The third-order valence-electron chi connectivity index (χ3n) is 2.80. The van der Waals surface area contributed by atoms with Crippen molar-refractivity contribution in [2.75, 3.05) is 5.75 Å². The molecule has 2 nitrogen and oxygen atoms in total. The van der Waals surface area contributed by atoms with Crippen LogP contribution in [-0.4, -0.2) is 5.75 Å². The standard InChI is InChI=1S/C14H13BrF2N2S/c15-10-5-1-2-7-13(10)20-8-12(19-18)9-4-3-6-11(16)14(9)17/h1-7,12,19H,8,18H2. The zero-order valence-corrected chi connectivity index (χ0v) is 12.8. The van der Waals surface area contributed by atoms with Crippen LogP contribution < -0.4 is 11.3 Å². The Labute approximate surface area is 128 Å². The Hall–Kier alpha value is -0.950. The molecule has 6 heteroatoms. The first kappa shape index (κ1) is 15.4. The van der Waals surface area contributed by atoms with E-state index in [4.69, 9.17) is 5.84 Å². The van der Waals surface area contributed by atoms with E-state index in [2.05, 4.69) is 21.4 Å². The number of hydrazine groups is 1. The maximum absolute atomic E-state index is 13.8. The Morgan fingerprint density at radius 2 is 1.90 bits per heavy atom. The molecule has 0 aromatic heterocycles. The second kappa shape index (κ2) is 7.17. The molecule has 2 rings (SSSR count). The Kier molecular flexibility index (Phi) is 5.54. The molecule has 2 aromatic rings. The van der Waals surface area contributed by atoms with Gasteiger partial charge in [-0.3, -0.25) is 11.3 Å². The van der Waals surface area contributed by atoms with E-state index in [1.165, 1.54) is 23.9 Å². The lowest BCUT2D eigenvalue weighted by Crippen LogP contribution is -2.30. The highest BCUT2D eigenvalue weighted by Gasteiger charge is 2.17. The van der Waals surface area contributed by atoms with Crippen LogP contribution in [0.1, 0.15) is 11.6 Å². The number of benzene rings is 2. The van der Waals surface area contributed by atoms with Crippen LogP contribution in [0, 0.1) is 11.6 Å². The second-order valence-electron chi connectivity index (χ2n) is 4.10. The van der Waals surface area contributed by atoms with Gasteiger partial charge in [0.1, 0.15) is 0 Å². The van der Waals surface area contributed by atoms with Gasteiger partial charge in [-0.15, -0.1) is 11.8 Å². The van der Waals surface area contributed by atoms with Crippen molar-refractivity contribution >= 4 is 27.7 Å². The van der Waals surface area contributed by atoms with E-state index in [1.54, 1.807) is 0 Å². The summed E-state index contributed by atoms with van der Waals surface area (Å²) in [5, 5.41) is 0. The molecule has 0 radical (unpaired) electrons. The summed E-state index contributed by atoms with van der Waals surface area (Å²) in [6, 6.07) is 11.3. The van der Waals surface area contributed by atoms with E-state index in [1.807, 2.05) is 24.3 Å². The Morgan fingerprint density at radius 3 is 2.60 bits per heavy atom. The molecule has 0 spiro atoms. The van der Waals surface area contributed by atoms with Gasteiger partial charge in [-0.25, -0.2) is 8.78 Å². The lowest BCUT2D eigenvalue weighted by atomic mass is 10.1. The molecule has 0 saturated carbocycles. The molecular weight excluding hydrogens is 346 g/mol. The smallest absolute Gasteiger partial charge is 0.163 e. The van der Waals surface area contributed by atoms with Crippen molar-refractivity contribution in [2.24, 2.45) is 5.84 Å². The van der Waals surface area contributed by atoms with E-state index in [0.717, 1.165) is 15.4 Å². The minimum Gasteiger partial charge on any atom is -0.271 e. The highest BCUT2D eigenvalue weighted by atomic mass is 79.9. The van der Waals surface area contributed by atoms with Crippen molar-refractivity contribution in [3.63, 3.8) is 0 Å². The number of rotatable bonds is 5. The minimum absolute atomic E-state index is 0.229. The molecular formula is C14H13BrF2N2S. The lowest BCUT2D eigenvalue weighted by molar-refractivity contribution is 0.478. The molecule has 106 valence electrons. The predicted octanol–water partition coefficient (Wildman–Crippen LogP) is 4.02. The molecule has 0 bridgehead atoms. The fourth-order valence-corrected chi connectivity index (χ4v) is 3.38. The zero-order valence-electron chi connectivity index (χ0n) is 10.4. The summed E-state index contributed by atoms with van der Waals surface area (Å²) < 4.78 is 28.0. The van der Waals surface area contributed by atoms with E-state index < -0.39 is 17.7 Å². The highest BCUT2D eigenvalue weighted by molar-refractivity contribution is 9.10. The Morgan fingerprint density at radius 1 is 1.15 bits per heavy atom. The number of nitrogens with two attached hydrogens (primary N) is 1. The van der Waals surface area contributed by atoms with Gasteiger partial charge in [-0.2, -0.15) is 0 Å². The van der Waals surface area contributed by atoms with Crippen molar-refractivity contribution < 1.29 is 8.78 Å². The average Bonchev–Trinajstić information content (AvgIpc) is 2.45. The largest absolute Gasteiger partial charge is 0.271 e. The summed E-state index contributed by atoms with van der Waals surface area (Å²) in [6.07, 6.45) is 0. The molecule has 3 N–H and O–H groups in total. The molecule has 0 saturated heterocycles. The summed E-state index contributed by atoms with van der Waals surface area (Å²) in [7, 11) is 0. The molecule has 20 heavy (non-hydrogen) atoms. The minimum atomic E-state index is -0.867. The summed E-state index contributed by atoms with van der Waals surface area (Å²) in [4.78, 5) is 1.02. The lowest BCUT2D eigenvalue weighted by Gasteiger charge is -2.17. The van der Waals surface area contributed by atoms with Gasteiger partial charge in [0.15, 0.2) is 11.6 Å². The molecule has 0 heterocycles. The first-order valence-corrected chi connectivity index (χ1v) is 7.68. The number of hydrogen-bond acceptors (Lipinski definition) is 3. The molecule has 0 aliphatic rings. The number of thioether (sulfide) groups is 1. The molecule has 1 atom stereocenters. The van der Waals surface area contributed by atoms with Crippen LogP contribution >= 0.6 is 27.7 Å². The molecule has 0 aliphatic carbocycles. The maximum Gasteiger partial charge on any atom is 0.163 e. The van der Waals surface area contributed by atoms with E-state index in [-0.39, 0.29) is 5.56 Å². The van der Waals surface area contributed by atoms with Crippen LogP contribution in [0.3, 0.4) is 0 Å². The van der Waals surface area contributed by atoms with E-state index >= 15 is 0 Å². The Bertz CT molecular complexity index is 595. The third kappa shape index (κ3) is 3.58. The number of nitrogens with one attached hydrogen (secondary N) is 1. The van der Waals surface area contributed by atoms with Crippen LogP contribution in [0.4, 0.5) is 8.78 Å². The number of halogens is 3. The van der Waals surface area contributed by atoms with Crippen LogP contribution in [0.5, 0.6) is 0 Å². The second-order valence-corrected chi connectivity index (χ2v) is 6.02.